The van der Waals surface area contributed by atoms with Crippen molar-refractivity contribution in [1.82, 2.24) is 9.55 Å². The van der Waals surface area contributed by atoms with E-state index in [2.05, 4.69) is 81.3 Å². The minimum absolute atomic E-state index is 0.163. The van der Waals surface area contributed by atoms with E-state index in [1.165, 1.54) is 5.56 Å². The van der Waals surface area contributed by atoms with Gasteiger partial charge in [-0.15, -0.1) is 0 Å². The van der Waals surface area contributed by atoms with Gasteiger partial charge in [-0.3, -0.25) is 0 Å². The monoisotopic (exact) mass is 304 g/mol. The molecule has 0 aliphatic carbocycles. The molecule has 3 rings (SSSR count). The van der Waals surface area contributed by atoms with Gasteiger partial charge in [-0.2, -0.15) is 0 Å². The third-order valence-corrected chi connectivity index (χ3v) is 4.09. The van der Waals surface area contributed by atoms with Crippen molar-refractivity contribution in [3.05, 3.63) is 66.2 Å². The summed E-state index contributed by atoms with van der Waals surface area (Å²) >= 11 is 0. The number of rotatable bonds is 3. The highest BCUT2D eigenvalue weighted by molar-refractivity contribution is 5.80. The summed E-state index contributed by atoms with van der Waals surface area (Å²) in [4.78, 5) is 4.85. The largest absolute Gasteiger partial charge is 0.320 e. The fourth-order valence-corrected chi connectivity index (χ4v) is 2.85. The van der Waals surface area contributed by atoms with Gasteiger partial charge in [0.2, 0.25) is 0 Å². The Bertz CT molecular complexity index is 846. The van der Waals surface area contributed by atoms with Gasteiger partial charge in [0.15, 0.2) is 0 Å². The number of allylic oxidation sites excluding steroid dienone is 1. The Kier molecular flexibility index (Phi) is 3.85. The standard InChI is InChI=1S/C21H24N2/c1-15(2)14-23-19-9-7-6-8-18(19)22-20(23)16-10-12-17(13-11-16)21(3,4)5/h6-13H,1,14H2,2-5H3. The van der Waals surface area contributed by atoms with Gasteiger partial charge in [-0.1, -0.05) is 69.3 Å². The van der Waals surface area contributed by atoms with Gasteiger partial charge in [0.05, 0.1) is 11.0 Å². The summed E-state index contributed by atoms with van der Waals surface area (Å²) in [7, 11) is 0. The van der Waals surface area contributed by atoms with Gasteiger partial charge < -0.3 is 4.57 Å². The number of imidazole rings is 1. The minimum atomic E-state index is 0.163. The number of aromatic nitrogens is 2. The molecule has 2 heteroatoms. The lowest BCUT2D eigenvalue weighted by Gasteiger charge is -2.19. The molecule has 1 heterocycles. The molecule has 0 amide bonds. The maximum absolute atomic E-state index is 4.85. The third-order valence-electron chi connectivity index (χ3n) is 4.09. The predicted octanol–water partition coefficient (Wildman–Crippen LogP) is 5.58. The molecule has 0 atom stereocenters. The maximum atomic E-state index is 4.85. The molecule has 0 saturated carbocycles. The zero-order chi connectivity index (χ0) is 16.6. The molecule has 0 saturated heterocycles. The first kappa shape index (κ1) is 15.5. The molecule has 0 fully saturated rings. The van der Waals surface area contributed by atoms with Crippen molar-refractivity contribution < 1.29 is 0 Å². The van der Waals surface area contributed by atoms with E-state index >= 15 is 0 Å². The van der Waals surface area contributed by atoms with Crippen molar-refractivity contribution in [3.8, 4) is 11.4 Å². The van der Waals surface area contributed by atoms with Gasteiger partial charge in [-0.25, -0.2) is 4.98 Å². The van der Waals surface area contributed by atoms with E-state index in [4.69, 9.17) is 4.98 Å². The van der Waals surface area contributed by atoms with Crippen molar-refractivity contribution in [2.24, 2.45) is 0 Å². The topological polar surface area (TPSA) is 17.8 Å². The predicted molar refractivity (Wildman–Crippen MR) is 98.7 cm³/mol. The second kappa shape index (κ2) is 5.69. The molecule has 3 aromatic rings. The number of nitrogens with zero attached hydrogens (tertiary/aromatic N) is 2. The lowest BCUT2D eigenvalue weighted by molar-refractivity contribution is 0.590. The van der Waals surface area contributed by atoms with Crippen molar-refractivity contribution in [3.63, 3.8) is 0 Å². The van der Waals surface area contributed by atoms with Crippen LogP contribution in [0.4, 0.5) is 0 Å². The summed E-state index contributed by atoms with van der Waals surface area (Å²) in [6, 6.07) is 17.1. The van der Waals surface area contributed by atoms with Gasteiger partial charge in [0.25, 0.3) is 0 Å². The fourth-order valence-electron chi connectivity index (χ4n) is 2.85. The van der Waals surface area contributed by atoms with Crippen molar-refractivity contribution in [2.75, 3.05) is 0 Å². The van der Waals surface area contributed by atoms with Gasteiger partial charge >= 0.3 is 0 Å². The van der Waals surface area contributed by atoms with Crippen molar-refractivity contribution in [1.29, 1.82) is 0 Å². The van der Waals surface area contributed by atoms with E-state index in [-0.39, 0.29) is 5.41 Å². The Morgan fingerprint density at radius 2 is 1.70 bits per heavy atom. The summed E-state index contributed by atoms with van der Waals surface area (Å²) in [6.45, 7) is 13.6. The van der Waals surface area contributed by atoms with Crippen LogP contribution in [0.3, 0.4) is 0 Å². The van der Waals surface area contributed by atoms with Crippen LogP contribution in [0.25, 0.3) is 22.4 Å². The van der Waals surface area contributed by atoms with Crippen molar-refractivity contribution >= 4 is 11.0 Å². The van der Waals surface area contributed by atoms with Crippen molar-refractivity contribution in [2.45, 2.75) is 39.7 Å². The summed E-state index contributed by atoms with van der Waals surface area (Å²) in [5.74, 6) is 1.01. The Morgan fingerprint density at radius 1 is 1.04 bits per heavy atom. The van der Waals surface area contributed by atoms with E-state index in [0.717, 1.165) is 34.5 Å². The van der Waals surface area contributed by atoms with E-state index in [0.29, 0.717) is 0 Å². The summed E-state index contributed by atoms with van der Waals surface area (Å²) in [5.41, 5.74) is 5.96. The molecular weight excluding hydrogens is 280 g/mol. The molecule has 0 spiro atoms. The molecule has 23 heavy (non-hydrogen) atoms. The van der Waals surface area contributed by atoms with Gasteiger partial charge in [-0.05, 0) is 30.0 Å². The lowest BCUT2D eigenvalue weighted by Crippen LogP contribution is -2.10. The average molecular weight is 304 g/mol. The number of benzene rings is 2. The van der Waals surface area contributed by atoms with E-state index < -0.39 is 0 Å². The highest BCUT2D eigenvalue weighted by Crippen LogP contribution is 2.28. The smallest absolute Gasteiger partial charge is 0.141 e. The number of fused-ring (bicyclic) bond motifs is 1. The zero-order valence-corrected chi connectivity index (χ0v) is 14.4. The van der Waals surface area contributed by atoms with Crippen LogP contribution in [0.1, 0.15) is 33.3 Å². The van der Waals surface area contributed by atoms with E-state index in [1.807, 2.05) is 6.07 Å². The van der Waals surface area contributed by atoms with Crippen LogP contribution >= 0.6 is 0 Å². The first-order chi connectivity index (χ1) is 10.9. The van der Waals surface area contributed by atoms with Crippen LogP contribution in [0.15, 0.2) is 60.7 Å². The average Bonchev–Trinajstić information content (AvgIpc) is 2.85. The number of para-hydroxylation sites is 2. The molecule has 0 radical (unpaired) electrons. The molecule has 0 bridgehead atoms. The Labute approximate surface area is 138 Å². The van der Waals surface area contributed by atoms with Crippen LogP contribution in [-0.4, -0.2) is 9.55 Å². The maximum Gasteiger partial charge on any atom is 0.141 e. The Hall–Kier alpha value is -2.35. The van der Waals surface area contributed by atoms with E-state index in [1.54, 1.807) is 0 Å². The number of hydrogen-bond acceptors (Lipinski definition) is 1. The first-order valence-electron chi connectivity index (χ1n) is 8.07. The number of hydrogen-bond donors (Lipinski definition) is 0. The molecule has 0 aliphatic rings. The quantitative estimate of drug-likeness (QED) is 0.578. The third kappa shape index (κ3) is 3.07. The second-order valence-electron chi connectivity index (χ2n) is 7.29. The SMILES string of the molecule is C=C(C)Cn1c(-c2ccc(C(C)(C)C)cc2)nc2ccccc21. The molecule has 1 aromatic heterocycles. The van der Waals surface area contributed by atoms with Crippen LogP contribution in [0.2, 0.25) is 0 Å². The van der Waals surface area contributed by atoms with Crippen LogP contribution in [-0.2, 0) is 12.0 Å². The van der Waals surface area contributed by atoms with E-state index in [9.17, 15) is 0 Å². The lowest BCUT2D eigenvalue weighted by atomic mass is 9.87. The molecule has 2 nitrogen and oxygen atoms in total. The highest BCUT2D eigenvalue weighted by atomic mass is 15.1. The summed E-state index contributed by atoms with van der Waals surface area (Å²) in [6.07, 6.45) is 0. The Balaban J connectivity index is 2.13. The molecular formula is C21H24N2. The molecule has 0 unspecified atom stereocenters. The highest BCUT2D eigenvalue weighted by Gasteiger charge is 2.16. The van der Waals surface area contributed by atoms with Gasteiger partial charge in [0, 0.05) is 12.1 Å². The molecule has 118 valence electrons. The first-order valence-corrected chi connectivity index (χ1v) is 8.07. The molecule has 2 aromatic carbocycles. The van der Waals surface area contributed by atoms with Crippen LogP contribution < -0.4 is 0 Å². The normalized spacial score (nSPS) is 11.8. The zero-order valence-electron chi connectivity index (χ0n) is 14.4. The van der Waals surface area contributed by atoms with Crippen LogP contribution in [0.5, 0.6) is 0 Å². The summed E-state index contributed by atoms with van der Waals surface area (Å²) < 4.78 is 2.25. The molecule has 0 aliphatic heterocycles. The minimum Gasteiger partial charge on any atom is -0.320 e. The fraction of sp³-hybridized carbons (Fsp3) is 0.286. The summed E-state index contributed by atoms with van der Waals surface area (Å²) in [5, 5.41) is 0. The van der Waals surface area contributed by atoms with Crippen LogP contribution in [0, 0.1) is 0 Å². The Morgan fingerprint density at radius 3 is 2.30 bits per heavy atom. The second-order valence-corrected chi connectivity index (χ2v) is 7.29. The van der Waals surface area contributed by atoms with Gasteiger partial charge in [0.1, 0.15) is 5.82 Å². The molecule has 0 N–H and O–H groups in total.